The molecule has 0 rings (SSSR count). The van der Waals surface area contributed by atoms with Crippen LogP contribution in [-0.2, 0) is 23.6 Å². The van der Waals surface area contributed by atoms with Crippen molar-refractivity contribution in [1.29, 1.82) is 0 Å². The van der Waals surface area contributed by atoms with Gasteiger partial charge in [-0.2, -0.15) is 0 Å². The van der Waals surface area contributed by atoms with Crippen molar-refractivity contribution in [1.82, 2.24) is 10.2 Å². The van der Waals surface area contributed by atoms with Crippen LogP contribution in [-0.4, -0.2) is 37.2 Å². The van der Waals surface area contributed by atoms with Gasteiger partial charge in [0, 0.05) is 0 Å². The summed E-state index contributed by atoms with van der Waals surface area (Å²) >= 11 is 0. The molecule has 0 aromatic rings. The van der Waals surface area contributed by atoms with Crippen molar-refractivity contribution < 1.29 is 23.6 Å². The van der Waals surface area contributed by atoms with E-state index in [9.17, 15) is 14.2 Å². The van der Waals surface area contributed by atoms with Crippen molar-refractivity contribution in [3.63, 3.8) is 0 Å². The lowest BCUT2D eigenvalue weighted by atomic mass is 10.4. The normalized spacial score (nSPS) is 14.1. The highest BCUT2D eigenvalue weighted by Gasteiger charge is 2.19. The highest BCUT2D eigenvalue weighted by atomic mass is 31.1. The van der Waals surface area contributed by atoms with Gasteiger partial charge in [-0.05, 0) is 27.7 Å². The van der Waals surface area contributed by atoms with Gasteiger partial charge in [-0.3, -0.25) is 14.2 Å². The van der Waals surface area contributed by atoms with E-state index in [1.165, 1.54) is 13.8 Å². The van der Waals surface area contributed by atoms with Crippen molar-refractivity contribution in [3.8, 4) is 0 Å². The summed E-state index contributed by atoms with van der Waals surface area (Å²) in [4.78, 5) is 22.5. The minimum Gasteiger partial charge on any atom is -0.465 e. The fraction of sp³-hybridized carbons (Fsp3) is 0.800. The van der Waals surface area contributed by atoms with E-state index in [1.54, 1.807) is 13.8 Å². The van der Waals surface area contributed by atoms with Crippen molar-refractivity contribution >= 4 is 20.0 Å². The third kappa shape index (κ3) is 6.74. The Morgan fingerprint density at radius 1 is 1.00 bits per heavy atom. The van der Waals surface area contributed by atoms with Crippen LogP contribution in [0, 0.1) is 0 Å². The van der Waals surface area contributed by atoms with E-state index in [0.717, 1.165) is 0 Å². The Bertz CT molecular complexity index is 283. The van der Waals surface area contributed by atoms with Crippen molar-refractivity contribution in [2.75, 3.05) is 13.2 Å². The summed E-state index contributed by atoms with van der Waals surface area (Å²) in [7, 11) is -2.46. The second kappa shape index (κ2) is 9.08. The molecular formula is C10H21N2O5P. The molecule has 0 radical (unpaired) electrons. The van der Waals surface area contributed by atoms with Gasteiger partial charge >= 0.3 is 11.9 Å². The Morgan fingerprint density at radius 3 is 1.61 bits per heavy atom. The monoisotopic (exact) mass is 280 g/mol. The van der Waals surface area contributed by atoms with Gasteiger partial charge in [0.2, 0.25) is 8.10 Å². The summed E-state index contributed by atoms with van der Waals surface area (Å²) in [6.45, 7) is 6.98. The Hall–Kier alpha value is -0.910. The highest BCUT2D eigenvalue weighted by Crippen LogP contribution is 2.12. The Balaban J connectivity index is 4.10. The summed E-state index contributed by atoms with van der Waals surface area (Å²) in [6.07, 6.45) is 0. The smallest absolute Gasteiger partial charge is 0.323 e. The van der Waals surface area contributed by atoms with Gasteiger partial charge < -0.3 is 9.47 Å². The van der Waals surface area contributed by atoms with Gasteiger partial charge in [0.1, 0.15) is 12.1 Å². The number of nitrogens with one attached hydrogen (secondary N) is 2. The van der Waals surface area contributed by atoms with Crippen LogP contribution in [0.3, 0.4) is 0 Å². The van der Waals surface area contributed by atoms with E-state index < -0.39 is 32.1 Å². The average molecular weight is 280 g/mol. The molecule has 0 spiro atoms. The Labute approximate surface area is 107 Å². The molecule has 0 aliphatic rings. The third-order valence-corrected chi connectivity index (χ3v) is 3.37. The van der Waals surface area contributed by atoms with E-state index in [2.05, 4.69) is 10.2 Å². The molecule has 0 aromatic heterocycles. The topological polar surface area (TPSA) is 93.7 Å². The average Bonchev–Trinajstić information content (AvgIpc) is 2.29. The first-order valence-corrected chi connectivity index (χ1v) is 7.23. The minimum atomic E-state index is -2.46. The molecule has 0 saturated heterocycles. The second-order valence-electron chi connectivity index (χ2n) is 3.57. The van der Waals surface area contributed by atoms with Crippen LogP contribution in [0.25, 0.3) is 0 Å². The molecule has 18 heavy (non-hydrogen) atoms. The predicted molar refractivity (Wildman–Crippen MR) is 67.5 cm³/mol. The summed E-state index contributed by atoms with van der Waals surface area (Å²) in [5.74, 6) is -0.970. The fourth-order valence-electron chi connectivity index (χ4n) is 1.09. The van der Waals surface area contributed by atoms with Crippen LogP contribution in [0.1, 0.15) is 27.7 Å². The third-order valence-electron chi connectivity index (χ3n) is 1.98. The molecule has 8 heteroatoms. The minimum absolute atomic E-state index is 0.262. The van der Waals surface area contributed by atoms with Gasteiger partial charge in [-0.15, -0.1) is 0 Å². The summed E-state index contributed by atoms with van der Waals surface area (Å²) < 4.78 is 21.1. The maximum absolute atomic E-state index is 11.6. The van der Waals surface area contributed by atoms with E-state index >= 15 is 0 Å². The first-order valence-electron chi connectivity index (χ1n) is 5.82. The molecule has 7 nitrogen and oxygen atoms in total. The summed E-state index contributed by atoms with van der Waals surface area (Å²) in [5, 5.41) is 5.09. The maximum Gasteiger partial charge on any atom is 0.323 e. The van der Waals surface area contributed by atoms with Crippen molar-refractivity contribution in [2.45, 2.75) is 39.8 Å². The van der Waals surface area contributed by atoms with Gasteiger partial charge in [0.05, 0.1) is 13.2 Å². The molecule has 0 bridgehead atoms. The predicted octanol–water partition coefficient (Wildman–Crippen LogP) is 0.458. The molecule has 0 aliphatic carbocycles. The standard InChI is InChI=1S/C10H21N2O5P/c1-5-16-9(13)7(3)11-18(15)12-8(4)10(14)17-6-2/h7-8,18H,5-6H2,1-4H3,(H2,11,12,15)/t7-,8-/m0/s1. The van der Waals surface area contributed by atoms with Crippen LogP contribution in [0.2, 0.25) is 0 Å². The highest BCUT2D eigenvalue weighted by molar-refractivity contribution is 7.40. The molecule has 0 fully saturated rings. The zero-order valence-electron chi connectivity index (χ0n) is 11.1. The van der Waals surface area contributed by atoms with Gasteiger partial charge in [0.25, 0.3) is 0 Å². The Kier molecular flexibility index (Phi) is 8.62. The fourth-order valence-corrected chi connectivity index (χ4v) is 2.19. The molecular weight excluding hydrogens is 259 g/mol. The van der Waals surface area contributed by atoms with Crippen LogP contribution >= 0.6 is 8.10 Å². The van der Waals surface area contributed by atoms with E-state index in [4.69, 9.17) is 9.47 Å². The van der Waals surface area contributed by atoms with Crippen LogP contribution in [0.4, 0.5) is 0 Å². The van der Waals surface area contributed by atoms with Crippen molar-refractivity contribution in [3.05, 3.63) is 0 Å². The summed E-state index contributed by atoms with van der Waals surface area (Å²) in [6, 6.07) is -1.39. The Morgan fingerprint density at radius 2 is 1.33 bits per heavy atom. The van der Waals surface area contributed by atoms with Gasteiger partial charge in [0.15, 0.2) is 0 Å². The zero-order valence-corrected chi connectivity index (χ0v) is 12.1. The summed E-state index contributed by atoms with van der Waals surface area (Å²) in [5.41, 5.74) is 0. The number of ether oxygens (including phenoxy) is 2. The zero-order chi connectivity index (χ0) is 14.1. The van der Waals surface area contributed by atoms with Gasteiger partial charge in [-0.1, -0.05) is 0 Å². The lowest BCUT2D eigenvalue weighted by molar-refractivity contribution is -0.145. The molecule has 0 amide bonds. The molecule has 0 aliphatic heterocycles. The van der Waals surface area contributed by atoms with E-state index in [1.807, 2.05) is 0 Å². The number of hydrogen-bond acceptors (Lipinski definition) is 5. The van der Waals surface area contributed by atoms with Gasteiger partial charge in [-0.25, -0.2) is 10.2 Å². The van der Waals surface area contributed by atoms with E-state index in [0.29, 0.717) is 0 Å². The number of hydrogen-bond donors (Lipinski definition) is 2. The number of carbonyl (C=O) groups excluding carboxylic acids is 2. The van der Waals surface area contributed by atoms with Crippen LogP contribution in [0.5, 0.6) is 0 Å². The molecule has 0 saturated carbocycles. The molecule has 106 valence electrons. The molecule has 2 atom stereocenters. The quantitative estimate of drug-likeness (QED) is 0.492. The van der Waals surface area contributed by atoms with Crippen LogP contribution in [0.15, 0.2) is 0 Å². The lowest BCUT2D eigenvalue weighted by Crippen LogP contribution is -2.37. The second-order valence-corrected chi connectivity index (χ2v) is 4.80. The molecule has 0 unspecified atom stereocenters. The maximum atomic E-state index is 11.6. The first kappa shape index (κ1) is 17.1. The molecule has 0 heterocycles. The first-order chi connectivity index (χ1) is 8.42. The van der Waals surface area contributed by atoms with Crippen molar-refractivity contribution in [2.24, 2.45) is 0 Å². The SMILES string of the molecule is CCOC(=O)[C@H](C)N[PH](=O)N[C@@H](C)C(=O)OCC. The number of rotatable bonds is 8. The lowest BCUT2D eigenvalue weighted by Gasteiger charge is -2.16. The molecule has 2 N–H and O–H groups in total. The van der Waals surface area contributed by atoms with E-state index in [-0.39, 0.29) is 13.2 Å². The number of carbonyl (C=O) groups is 2. The largest absolute Gasteiger partial charge is 0.465 e. The molecule has 0 aromatic carbocycles. The van der Waals surface area contributed by atoms with Crippen LogP contribution < -0.4 is 10.2 Å². The number of esters is 2.